The maximum atomic E-state index is 12.0. The Balaban J connectivity index is 1.41. The van der Waals surface area contributed by atoms with Crippen molar-refractivity contribution in [1.29, 1.82) is 0 Å². The highest BCUT2D eigenvalue weighted by Gasteiger charge is 2.08. The molecule has 0 saturated carbocycles. The monoisotopic (exact) mass is 456 g/mol. The zero-order valence-corrected chi connectivity index (χ0v) is 18.5. The van der Waals surface area contributed by atoms with E-state index >= 15 is 0 Å². The molecule has 1 amide bonds. The first kappa shape index (κ1) is 22.1. The van der Waals surface area contributed by atoms with Crippen LogP contribution in [-0.4, -0.2) is 33.2 Å². The number of thioether (sulfide) groups is 2. The average molecular weight is 457 g/mol. The molecule has 3 aromatic rings. The number of nitrogens with zero attached hydrogens (tertiary/aromatic N) is 3. The van der Waals surface area contributed by atoms with E-state index in [1.807, 2.05) is 24.3 Å². The van der Waals surface area contributed by atoms with Gasteiger partial charge in [0.15, 0.2) is 8.68 Å². The predicted molar refractivity (Wildman–Crippen MR) is 124 cm³/mol. The Bertz CT molecular complexity index is 1020. The van der Waals surface area contributed by atoms with E-state index in [1.165, 1.54) is 34.9 Å². The maximum Gasteiger partial charge on any atom is 0.250 e. The summed E-state index contributed by atoms with van der Waals surface area (Å²) in [6.45, 7) is 3.66. The van der Waals surface area contributed by atoms with Crippen LogP contribution < -0.4 is 5.43 Å². The SMILES string of the molecule is C=CCc1ccc(/C=N/NC(=O)CSc2nnc(SCc3ccccc3)s2)cc1O. The highest BCUT2D eigenvalue weighted by molar-refractivity contribution is 8.03. The molecule has 1 heterocycles. The van der Waals surface area contributed by atoms with Crippen LogP contribution in [0.1, 0.15) is 16.7 Å². The minimum absolute atomic E-state index is 0.179. The van der Waals surface area contributed by atoms with E-state index in [1.54, 1.807) is 30.0 Å². The van der Waals surface area contributed by atoms with Crippen LogP contribution in [0.2, 0.25) is 0 Å². The van der Waals surface area contributed by atoms with E-state index in [9.17, 15) is 9.90 Å². The van der Waals surface area contributed by atoms with Gasteiger partial charge in [-0.25, -0.2) is 5.43 Å². The molecule has 0 unspecified atom stereocenters. The van der Waals surface area contributed by atoms with Crippen LogP contribution in [0.15, 0.2) is 75.0 Å². The number of aromatic hydroxyl groups is 1. The molecule has 0 aliphatic carbocycles. The van der Waals surface area contributed by atoms with E-state index in [4.69, 9.17) is 0 Å². The number of carbonyl (C=O) groups is 1. The van der Waals surface area contributed by atoms with Crippen molar-refractivity contribution in [2.75, 3.05) is 5.75 Å². The fourth-order valence-corrected chi connectivity index (χ4v) is 5.13. The molecule has 0 aliphatic rings. The van der Waals surface area contributed by atoms with Gasteiger partial charge in [-0.3, -0.25) is 4.79 Å². The second-order valence-corrected chi connectivity index (χ2v) is 9.49. The molecule has 3 rings (SSSR count). The van der Waals surface area contributed by atoms with Gasteiger partial charge < -0.3 is 5.11 Å². The van der Waals surface area contributed by atoms with E-state index in [-0.39, 0.29) is 17.4 Å². The number of phenols is 1. The summed E-state index contributed by atoms with van der Waals surface area (Å²) in [5.41, 5.74) is 5.19. The molecule has 0 spiro atoms. The van der Waals surface area contributed by atoms with Gasteiger partial charge in [0.1, 0.15) is 5.75 Å². The first-order valence-electron chi connectivity index (χ1n) is 9.02. The van der Waals surface area contributed by atoms with Gasteiger partial charge in [-0.05, 0) is 29.2 Å². The normalized spacial score (nSPS) is 10.9. The molecule has 30 heavy (non-hydrogen) atoms. The number of benzene rings is 2. The molecule has 0 saturated heterocycles. The van der Waals surface area contributed by atoms with Crippen LogP contribution in [0, 0.1) is 0 Å². The first-order valence-corrected chi connectivity index (χ1v) is 11.8. The van der Waals surface area contributed by atoms with Gasteiger partial charge in [0.05, 0.1) is 12.0 Å². The topological polar surface area (TPSA) is 87.5 Å². The lowest BCUT2D eigenvalue weighted by Gasteiger charge is -2.02. The molecule has 2 aromatic carbocycles. The van der Waals surface area contributed by atoms with E-state index < -0.39 is 0 Å². The van der Waals surface area contributed by atoms with Crippen molar-refractivity contribution in [3.05, 3.63) is 77.9 Å². The number of aromatic nitrogens is 2. The van der Waals surface area contributed by atoms with Crippen molar-refractivity contribution in [3.8, 4) is 5.75 Å². The van der Waals surface area contributed by atoms with Crippen LogP contribution in [0.4, 0.5) is 0 Å². The maximum absolute atomic E-state index is 12.0. The number of nitrogens with one attached hydrogen (secondary N) is 1. The van der Waals surface area contributed by atoms with E-state index in [2.05, 4.69) is 39.4 Å². The van der Waals surface area contributed by atoms with E-state index in [0.29, 0.717) is 12.0 Å². The molecule has 0 fully saturated rings. The lowest BCUT2D eigenvalue weighted by atomic mass is 10.1. The Labute approximate surface area is 187 Å². The van der Waals surface area contributed by atoms with E-state index in [0.717, 1.165) is 20.0 Å². The smallest absolute Gasteiger partial charge is 0.250 e. The number of rotatable bonds is 10. The van der Waals surface area contributed by atoms with Crippen molar-refractivity contribution in [1.82, 2.24) is 15.6 Å². The number of hydrazone groups is 1. The van der Waals surface area contributed by atoms with Crippen LogP contribution in [0.3, 0.4) is 0 Å². The minimum atomic E-state index is -0.238. The summed E-state index contributed by atoms with van der Waals surface area (Å²) in [5.74, 6) is 0.966. The summed E-state index contributed by atoms with van der Waals surface area (Å²) < 4.78 is 1.62. The lowest BCUT2D eigenvalue weighted by Crippen LogP contribution is -2.19. The summed E-state index contributed by atoms with van der Waals surface area (Å²) in [7, 11) is 0. The Morgan fingerprint density at radius 1 is 1.17 bits per heavy atom. The van der Waals surface area contributed by atoms with Gasteiger partial charge in [-0.1, -0.05) is 83.4 Å². The second kappa shape index (κ2) is 11.5. The minimum Gasteiger partial charge on any atom is -0.508 e. The second-order valence-electron chi connectivity index (χ2n) is 6.07. The fraction of sp³-hybridized carbons (Fsp3) is 0.143. The quantitative estimate of drug-likeness (QED) is 0.202. The molecule has 0 aliphatic heterocycles. The number of phenolic OH excluding ortho intramolecular Hbond substituents is 1. The van der Waals surface area contributed by atoms with Gasteiger partial charge in [0, 0.05) is 5.75 Å². The molecular formula is C21H20N4O2S3. The third-order valence-electron chi connectivity index (χ3n) is 3.80. The van der Waals surface area contributed by atoms with Gasteiger partial charge >= 0.3 is 0 Å². The van der Waals surface area contributed by atoms with Gasteiger partial charge in [-0.15, -0.1) is 16.8 Å². The van der Waals surface area contributed by atoms with Crippen molar-refractivity contribution in [2.24, 2.45) is 5.10 Å². The zero-order chi connectivity index (χ0) is 21.2. The number of carbonyl (C=O) groups excluding carboxylic acids is 1. The zero-order valence-electron chi connectivity index (χ0n) is 16.0. The number of hydrogen-bond donors (Lipinski definition) is 2. The van der Waals surface area contributed by atoms with Crippen LogP contribution in [0.5, 0.6) is 5.75 Å². The number of allylic oxidation sites excluding steroid dienone is 1. The van der Waals surface area contributed by atoms with Crippen molar-refractivity contribution >= 4 is 47.0 Å². The van der Waals surface area contributed by atoms with Crippen LogP contribution in [0.25, 0.3) is 0 Å². The molecule has 0 radical (unpaired) electrons. The van der Waals surface area contributed by atoms with Crippen LogP contribution >= 0.6 is 34.9 Å². The summed E-state index contributed by atoms with van der Waals surface area (Å²) in [6, 6.07) is 15.4. The van der Waals surface area contributed by atoms with Crippen molar-refractivity contribution in [2.45, 2.75) is 20.9 Å². The Hall–Kier alpha value is -2.62. The number of amides is 1. The molecule has 2 N–H and O–H groups in total. The predicted octanol–water partition coefficient (Wildman–Crippen LogP) is 4.51. The number of hydrogen-bond acceptors (Lipinski definition) is 8. The molecular weight excluding hydrogens is 436 g/mol. The highest BCUT2D eigenvalue weighted by atomic mass is 32.2. The molecule has 6 nitrogen and oxygen atoms in total. The molecule has 154 valence electrons. The Morgan fingerprint density at radius 2 is 1.93 bits per heavy atom. The molecule has 0 bridgehead atoms. The van der Waals surface area contributed by atoms with Gasteiger partial charge in [0.25, 0.3) is 5.91 Å². The highest BCUT2D eigenvalue weighted by Crippen LogP contribution is 2.30. The molecule has 0 atom stereocenters. The van der Waals surface area contributed by atoms with Crippen molar-refractivity contribution < 1.29 is 9.90 Å². The molecule has 9 heteroatoms. The Morgan fingerprint density at radius 3 is 2.67 bits per heavy atom. The molecule has 1 aromatic heterocycles. The average Bonchev–Trinajstić information content (AvgIpc) is 3.21. The third-order valence-corrected chi connectivity index (χ3v) is 7.06. The third kappa shape index (κ3) is 7.01. The summed E-state index contributed by atoms with van der Waals surface area (Å²) >= 11 is 4.42. The summed E-state index contributed by atoms with van der Waals surface area (Å²) in [6.07, 6.45) is 3.81. The first-order chi connectivity index (χ1) is 14.6. The lowest BCUT2D eigenvalue weighted by molar-refractivity contribution is -0.118. The van der Waals surface area contributed by atoms with Crippen molar-refractivity contribution in [3.63, 3.8) is 0 Å². The van der Waals surface area contributed by atoms with Gasteiger partial charge in [0.2, 0.25) is 0 Å². The standard InChI is InChI=1S/C21H20N4O2S3/c1-2-6-17-10-9-16(11-18(17)26)12-22-23-19(27)14-29-21-25-24-20(30-21)28-13-15-7-4-3-5-8-15/h2-5,7-12,26H,1,6,13-14H2,(H,23,27)/b22-12+. The van der Waals surface area contributed by atoms with Gasteiger partial charge in [-0.2, -0.15) is 5.10 Å². The fourth-order valence-electron chi connectivity index (χ4n) is 2.36. The summed E-state index contributed by atoms with van der Waals surface area (Å²) in [4.78, 5) is 12.0. The van der Waals surface area contributed by atoms with Crippen LogP contribution in [-0.2, 0) is 17.0 Å². The Kier molecular flexibility index (Phi) is 8.49. The summed E-state index contributed by atoms with van der Waals surface area (Å²) in [5, 5.41) is 22.1. The largest absolute Gasteiger partial charge is 0.508 e.